The van der Waals surface area contributed by atoms with E-state index in [1.807, 2.05) is 0 Å². The van der Waals surface area contributed by atoms with Crippen molar-refractivity contribution in [3.63, 3.8) is 0 Å². The number of methoxy groups -OCH3 is 1. The van der Waals surface area contributed by atoms with Crippen molar-refractivity contribution in [2.75, 3.05) is 20.2 Å². The van der Waals surface area contributed by atoms with Crippen LogP contribution in [0.15, 0.2) is 23.1 Å². The molecule has 0 aromatic heterocycles. The summed E-state index contributed by atoms with van der Waals surface area (Å²) in [4.78, 5) is 21.1. The molecule has 0 spiro atoms. The van der Waals surface area contributed by atoms with Crippen LogP contribution in [0.4, 0.5) is 0 Å². The van der Waals surface area contributed by atoms with E-state index in [4.69, 9.17) is 26.6 Å². The first-order chi connectivity index (χ1) is 9.68. The fraction of sp³-hybridized carbons (Fsp3) is 0.273. The van der Waals surface area contributed by atoms with Crippen molar-refractivity contribution >= 4 is 33.6 Å². The first-order valence-electron chi connectivity index (χ1n) is 5.45. The van der Waals surface area contributed by atoms with Crippen molar-refractivity contribution in [1.29, 1.82) is 0 Å². The third-order valence-corrected chi connectivity index (χ3v) is 4.47. The molecule has 116 valence electrons. The Hall–Kier alpha value is -1.84. The average Bonchev–Trinajstić information content (AvgIpc) is 2.36. The third kappa shape index (κ3) is 4.31. The number of benzene rings is 1. The van der Waals surface area contributed by atoms with Crippen LogP contribution in [0.25, 0.3) is 0 Å². The number of hydrogen-bond donors (Lipinski definition) is 2. The molecule has 8 nitrogen and oxygen atoms in total. The topological polar surface area (TPSA) is 121 Å². The number of halogens is 1. The first kappa shape index (κ1) is 17.2. The highest BCUT2D eigenvalue weighted by molar-refractivity contribution is 7.89. The molecule has 1 aromatic carbocycles. The Bertz CT molecular complexity index is 643. The van der Waals surface area contributed by atoms with Crippen LogP contribution in [0, 0.1) is 0 Å². The highest BCUT2D eigenvalue weighted by atomic mass is 35.5. The van der Waals surface area contributed by atoms with E-state index in [1.54, 1.807) is 0 Å². The van der Waals surface area contributed by atoms with Gasteiger partial charge in [0.25, 0.3) is 0 Å². The molecule has 10 heteroatoms. The van der Waals surface area contributed by atoms with Gasteiger partial charge in [-0.05, 0) is 18.2 Å². The molecule has 0 aliphatic rings. The van der Waals surface area contributed by atoms with Gasteiger partial charge < -0.3 is 14.9 Å². The van der Waals surface area contributed by atoms with Crippen molar-refractivity contribution in [2.45, 2.75) is 4.90 Å². The van der Waals surface area contributed by atoms with E-state index in [2.05, 4.69) is 0 Å². The molecule has 1 rings (SSSR count). The smallest absolute Gasteiger partial charge is 0.318 e. The summed E-state index contributed by atoms with van der Waals surface area (Å²) >= 11 is 5.81. The van der Waals surface area contributed by atoms with E-state index in [9.17, 15) is 18.0 Å². The number of carboxylic acid groups (broad SMARTS) is 2. The second kappa shape index (κ2) is 6.74. The molecule has 0 saturated heterocycles. The molecule has 0 unspecified atom stereocenters. The summed E-state index contributed by atoms with van der Waals surface area (Å²) in [7, 11) is -2.96. The highest BCUT2D eigenvalue weighted by Crippen LogP contribution is 2.28. The highest BCUT2D eigenvalue weighted by Gasteiger charge is 2.29. The number of sulfonamides is 1. The second-order valence-electron chi connectivity index (χ2n) is 3.86. The molecule has 0 bridgehead atoms. The van der Waals surface area contributed by atoms with E-state index in [0.29, 0.717) is 4.31 Å². The van der Waals surface area contributed by atoms with Gasteiger partial charge in [0.2, 0.25) is 10.0 Å². The Kier molecular flexibility index (Phi) is 5.53. The van der Waals surface area contributed by atoms with Crippen molar-refractivity contribution in [2.24, 2.45) is 0 Å². The molecule has 0 saturated carbocycles. The van der Waals surface area contributed by atoms with Crippen LogP contribution in [-0.2, 0) is 19.6 Å². The predicted molar refractivity (Wildman–Crippen MR) is 72.0 cm³/mol. The zero-order valence-electron chi connectivity index (χ0n) is 10.8. The first-order valence-corrected chi connectivity index (χ1v) is 7.27. The summed E-state index contributed by atoms with van der Waals surface area (Å²) in [5.74, 6) is -2.71. The summed E-state index contributed by atoms with van der Waals surface area (Å²) < 4.78 is 29.7. The Labute approximate surface area is 125 Å². The van der Waals surface area contributed by atoms with E-state index >= 15 is 0 Å². The number of aliphatic carboxylic acids is 2. The molecular weight excluding hydrogens is 326 g/mol. The van der Waals surface area contributed by atoms with Crippen molar-refractivity contribution in [3.05, 3.63) is 23.2 Å². The zero-order valence-corrected chi connectivity index (χ0v) is 12.4. The lowest BCUT2D eigenvalue weighted by Gasteiger charge is -2.18. The van der Waals surface area contributed by atoms with Gasteiger partial charge in [-0.25, -0.2) is 8.42 Å². The summed E-state index contributed by atoms with van der Waals surface area (Å²) in [6.45, 7) is -1.95. The van der Waals surface area contributed by atoms with Crippen LogP contribution >= 0.6 is 11.6 Å². The number of carbonyl (C=O) groups is 2. The summed E-state index contributed by atoms with van der Waals surface area (Å²) in [5, 5.41) is 17.4. The van der Waals surface area contributed by atoms with Crippen molar-refractivity contribution < 1.29 is 33.0 Å². The van der Waals surface area contributed by atoms with Gasteiger partial charge in [0, 0.05) is 0 Å². The van der Waals surface area contributed by atoms with Gasteiger partial charge >= 0.3 is 11.9 Å². The lowest BCUT2D eigenvalue weighted by molar-refractivity contribution is -0.139. The van der Waals surface area contributed by atoms with Crippen molar-refractivity contribution in [3.8, 4) is 5.75 Å². The van der Waals surface area contributed by atoms with Gasteiger partial charge in [-0.15, -0.1) is 0 Å². The van der Waals surface area contributed by atoms with Crippen molar-refractivity contribution in [1.82, 2.24) is 4.31 Å². The van der Waals surface area contributed by atoms with Gasteiger partial charge in [-0.3, -0.25) is 9.59 Å². The normalized spacial score (nSPS) is 11.4. The molecule has 0 aliphatic heterocycles. The lowest BCUT2D eigenvalue weighted by atomic mass is 10.3. The maximum absolute atomic E-state index is 12.3. The fourth-order valence-electron chi connectivity index (χ4n) is 1.48. The van der Waals surface area contributed by atoms with Gasteiger partial charge in [-0.2, -0.15) is 4.31 Å². The standard InChI is InChI=1S/C11H12ClNO7S/c1-20-9-3-2-7(4-8(9)12)21(18,19)13(5-10(14)15)6-11(16)17/h2-4H,5-6H2,1H3,(H,14,15)(H,16,17). The van der Waals surface area contributed by atoms with E-state index in [1.165, 1.54) is 13.2 Å². The minimum atomic E-state index is -4.31. The lowest BCUT2D eigenvalue weighted by Crippen LogP contribution is -2.39. The van der Waals surface area contributed by atoms with Crippen LogP contribution in [-0.4, -0.2) is 55.1 Å². The molecule has 21 heavy (non-hydrogen) atoms. The maximum Gasteiger partial charge on any atom is 0.318 e. The van der Waals surface area contributed by atoms with Crippen LogP contribution < -0.4 is 4.74 Å². The van der Waals surface area contributed by atoms with Crippen LogP contribution in [0.2, 0.25) is 5.02 Å². The Morgan fingerprint density at radius 1 is 1.24 bits per heavy atom. The molecule has 0 radical (unpaired) electrons. The van der Waals surface area contributed by atoms with E-state index in [-0.39, 0.29) is 15.7 Å². The van der Waals surface area contributed by atoms with E-state index in [0.717, 1.165) is 12.1 Å². The summed E-state index contributed by atoms with van der Waals surface area (Å²) in [6, 6.07) is 3.50. The number of nitrogens with zero attached hydrogens (tertiary/aromatic N) is 1. The van der Waals surface area contributed by atoms with Gasteiger partial charge in [0.05, 0.1) is 17.0 Å². The summed E-state index contributed by atoms with van der Waals surface area (Å²) in [6.07, 6.45) is 0. The molecule has 1 aromatic rings. The van der Waals surface area contributed by atoms with E-state index < -0.39 is 35.1 Å². The molecule has 0 heterocycles. The average molecular weight is 338 g/mol. The zero-order chi connectivity index (χ0) is 16.2. The second-order valence-corrected chi connectivity index (χ2v) is 6.20. The Balaban J connectivity index is 3.24. The largest absolute Gasteiger partial charge is 0.495 e. The predicted octanol–water partition coefficient (Wildman–Crippen LogP) is 0.509. The molecule has 0 amide bonds. The van der Waals surface area contributed by atoms with Crippen LogP contribution in [0.3, 0.4) is 0 Å². The Morgan fingerprint density at radius 3 is 2.14 bits per heavy atom. The molecule has 2 N–H and O–H groups in total. The SMILES string of the molecule is COc1ccc(S(=O)(=O)N(CC(=O)O)CC(=O)O)cc1Cl. The van der Waals surface area contributed by atoms with Crippen LogP contribution in [0.1, 0.15) is 0 Å². The minimum Gasteiger partial charge on any atom is -0.495 e. The molecule has 0 aliphatic carbocycles. The number of ether oxygens (including phenoxy) is 1. The van der Waals surface area contributed by atoms with Gasteiger partial charge in [0.1, 0.15) is 18.8 Å². The van der Waals surface area contributed by atoms with Crippen LogP contribution in [0.5, 0.6) is 5.75 Å². The Morgan fingerprint density at radius 2 is 1.76 bits per heavy atom. The third-order valence-electron chi connectivity index (χ3n) is 2.38. The quantitative estimate of drug-likeness (QED) is 0.743. The van der Waals surface area contributed by atoms with Gasteiger partial charge in [-0.1, -0.05) is 11.6 Å². The number of hydrogen-bond acceptors (Lipinski definition) is 5. The summed E-state index contributed by atoms with van der Waals surface area (Å²) in [5.41, 5.74) is 0. The monoisotopic (exact) mass is 337 g/mol. The molecule has 0 fully saturated rings. The minimum absolute atomic E-state index is 0.00387. The number of carboxylic acids is 2. The maximum atomic E-state index is 12.3. The number of rotatable bonds is 7. The van der Waals surface area contributed by atoms with Gasteiger partial charge in [0.15, 0.2) is 0 Å². The molecule has 0 atom stereocenters. The fourth-order valence-corrected chi connectivity index (χ4v) is 3.17. The molecular formula is C11H12ClNO7S.